The van der Waals surface area contributed by atoms with Gasteiger partial charge in [0.25, 0.3) is 0 Å². The minimum atomic E-state index is 0.287. The van der Waals surface area contributed by atoms with Crippen LogP contribution in [0.5, 0.6) is 0 Å². The lowest BCUT2D eigenvalue weighted by molar-refractivity contribution is 0.268. The lowest BCUT2D eigenvalue weighted by Crippen LogP contribution is -2.08. The Balaban J connectivity index is 2.11. The van der Waals surface area contributed by atoms with E-state index < -0.39 is 0 Å². The molecule has 0 spiro atoms. The van der Waals surface area contributed by atoms with E-state index in [1.54, 1.807) is 0 Å². The average molecular weight is 181 g/mol. The molecular formula is C9H12NOP. The summed E-state index contributed by atoms with van der Waals surface area (Å²) < 4.78 is 7.81. The molecule has 1 saturated heterocycles. The lowest BCUT2D eigenvalue weighted by atomic mass is 10.1. The summed E-state index contributed by atoms with van der Waals surface area (Å²) in [4.78, 5) is 0. The topological polar surface area (TPSA) is 12.5 Å². The summed E-state index contributed by atoms with van der Waals surface area (Å²) in [5.74, 6) is 0. The molecule has 0 bridgehead atoms. The molecule has 1 fully saturated rings. The zero-order valence-electron chi connectivity index (χ0n) is 7.03. The molecule has 1 aromatic rings. The first kappa shape index (κ1) is 8.18. The maximum atomic E-state index is 5.60. The first-order valence-electron chi connectivity index (χ1n) is 4.03. The molecule has 2 rings (SSSR count). The van der Waals surface area contributed by atoms with Gasteiger partial charge in [0, 0.05) is 6.54 Å². The summed E-state index contributed by atoms with van der Waals surface area (Å²) in [6.45, 7) is 1.02. The van der Waals surface area contributed by atoms with Crippen molar-refractivity contribution in [3.63, 3.8) is 0 Å². The van der Waals surface area contributed by atoms with Gasteiger partial charge in [-0.3, -0.25) is 4.67 Å². The molecule has 1 aromatic carbocycles. The molecule has 64 valence electrons. The average Bonchev–Trinajstić information content (AvgIpc) is 2.54. The quantitative estimate of drug-likeness (QED) is 0.616. The SMILES string of the molecule is CN1CC(c2ccccc2)OP1. The first-order chi connectivity index (χ1) is 5.86. The van der Waals surface area contributed by atoms with Gasteiger partial charge >= 0.3 is 0 Å². The number of likely N-dealkylation sites (N-methyl/N-ethyl adjacent to an activating group) is 1. The van der Waals surface area contributed by atoms with E-state index >= 15 is 0 Å². The van der Waals surface area contributed by atoms with Crippen LogP contribution >= 0.6 is 8.96 Å². The van der Waals surface area contributed by atoms with Crippen molar-refractivity contribution in [2.45, 2.75) is 6.10 Å². The summed E-state index contributed by atoms with van der Waals surface area (Å²) in [5.41, 5.74) is 1.29. The minimum Gasteiger partial charge on any atom is -0.337 e. The van der Waals surface area contributed by atoms with Crippen molar-refractivity contribution in [1.29, 1.82) is 0 Å². The second kappa shape index (κ2) is 3.53. The van der Waals surface area contributed by atoms with Crippen molar-refractivity contribution in [2.24, 2.45) is 0 Å². The van der Waals surface area contributed by atoms with Crippen molar-refractivity contribution < 1.29 is 4.52 Å². The third-order valence-electron chi connectivity index (χ3n) is 1.96. The summed E-state index contributed by atoms with van der Waals surface area (Å²) in [6.07, 6.45) is 0.287. The van der Waals surface area contributed by atoms with Crippen molar-refractivity contribution in [3.8, 4) is 0 Å². The van der Waals surface area contributed by atoms with Gasteiger partial charge in [-0.2, -0.15) is 0 Å². The molecule has 3 heteroatoms. The summed E-state index contributed by atoms with van der Waals surface area (Å²) in [7, 11) is 2.61. The fourth-order valence-electron chi connectivity index (χ4n) is 1.32. The van der Waals surface area contributed by atoms with Crippen molar-refractivity contribution in [3.05, 3.63) is 35.9 Å². The molecule has 1 heterocycles. The highest BCUT2D eigenvalue weighted by Gasteiger charge is 2.21. The van der Waals surface area contributed by atoms with Crippen LogP contribution in [0, 0.1) is 0 Å². The van der Waals surface area contributed by atoms with Crippen LogP contribution in [0.1, 0.15) is 11.7 Å². The molecule has 0 radical (unpaired) electrons. The van der Waals surface area contributed by atoms with Crippen molar-refractivity contribution in [2.75, 3.05) is 13.6 Å². The smallest absolute Gasteiger partial charge is 0.101 e. The zero-order chi connectivity index (χ0) is 8.39. The monoisotopic (exact) mass is 181 g/mol. The van der Waals surface area contributed by atoms with E-state index in [0.29, 0.717) is 8.96 Å². The number of rotatable bonds is 1. The molecule has 1 aliphatic rings. The molecule has 0 aliphatic carbocycles. The largest absolute Gasteiger partial charge is 0.337 e. The second-order valence-corrected chi connectivity index (χ2v) is 4.17. The van der Waals surface area contributed by atoms with E-state index in [1.165, 1.54) is 5.56 Å². The maximum Gasteiger partial charge on any atom is 0.101 e. The number of hydrogen-bond donors (Lipinski definition) is 0. The number of benzene rings is 1. The Kier molecular flexibility index (Phi) is 2.40. The van der Waals surface area contributed by atoms with Gasteiger partial charge in [-0.15, -0.1) is 0 Å². The Morgan fingerprint density at radius 1 is 1.42 bits per heavy atom. The van der Waals surface area contributed by atoms with E-state index in [2.05, 4.69) is 36.0 Å². The highest BCUT2D eigenvalue weighted by Crippen LogP contribution is 2.37. The molecular weight excluding hydrogens is 169 g/mol. The van der Waals surface area contributed by atoms with Crippen LogP contribution in [0.15, 0.2) is 30.3 Å². The van der Waals surface area contributed by atoms with Crippen LogP contribution in [0.3, 0.4) is 0 Å². The summed E-state index contributed by atoms with van der Waals surface area (Å²) >= 11 is 0. The van der Waals surface area contributed by atoms with Crippen molar-refractivity contribution in [1.82, 2.24) is 4.67 Å². The van der Waals surface area contributed by atoms with Gasteiger partial charge in [-0.25, -0.2) is 0 Å². The molecule has 2 nitrogen and oxygen atoms in total. The van der Waals surface area contributed by atoms with E-state index in [-0.39, 0.29) is 6.10 Å². The molecule has 0 saturated carbocycles. The van der Waals surface area contributed by atoms with Crippen LogP contribution in [-0.2, 0) is 4.52 Å². The Morgan fingerprint density at radius 2 is 2.17 bits per heavy atom. The number of hydrogen-bond acceptors (Lipinski definition) is 2. The van der Waals surface area contributed by atoms with Gasteiger partial charge in [-0.05, 0) is 12.6 Å². The van der Waals surface area contributed by atoms with Gasteiger partial charge in [0.2, 0.25) is 0 Å². The third-order valence-corrected chi connectivity index (χ3v) is 2.85. The Hall–Kier alpha value is -0.430. The molecule has 12 heavy (non-hydrogen) atoms. The van der Waals surface area contributed by atoms with Gasteiger partial charge in [0.15, 0.2) is 0 Å². The fourth-order valence-corrected chi connectivity index (χ4v) is 2.08. The molecule has 2 unspecified atom stereocenters. The molecule has 0 amide bonds. The Morgan fingerprint density at radius 3 is 2.75 bits per heavy atom. The molecule has 1 aliphatic heterocycles. The highest BCUT2D eigenvalue weighted by molar-refractivity contribution is 7.29. The van der Waals surface area contributed by atoms with Crippen LogP contribution in [0.4, 0.5) is 0 Å². The lowest BCUT2D eigenvalue weighted by Gasteiger charge is -2.07. The van der Waals surface area contributed by atoms with E-state index in [4.69, 9.17) is 4.52 Å². The first-order valence-corrected chi connectivity index (χ1v) is 4.89. The van der Waals surface area contributed by atoms with Gasteiger partial charge in [0.1, 0.15) is 6.10 Å². The summed E-state index contributed by atoms with van der Waals surface area (Å²) in [6, 6.07) is 10.4. The standard InChI is InChI=1S/C9H12NOP/c1-10-7-9(11-12-10)8-5-3-2-4-6-8/h2-6,9,12H,7H2,1H3. The zero-order valence-corrected chi connectivity index (χ0v) is 8.03. The third kappa shape index (κ3) is 1.66. The Labute approximate surface area is 74.5 Å². The van der Waals surface area contributed by atoms with Crippen LogP contribution in [-0.4, -0.2) is 18.3 Å². The van der Waals surface area contributed by atoms with E-state index in [1.807, 2.05) is 6.07 Å². The minimum absolute atomic E-state index is 0.287. The number of nitrogens with zero attached hydrogens (tertiary/aromatic N) is 1. The molecule has 2 atom stereocenters. The molecule has 0 N–H and O–H groups in total. The predicted molar refractivity (Wildman–Crippen MR) is 51.2 cm³/mol. The van der Waals surface area contributed by atoms with Gasteiger partial charge < -0.3 is 4.52 Å². The Bertz CT molecular complexity index is 252. The summed E-state index contributed by atoms with van der Waals surface area (Å²) in [5, 5.41) is 0. The maximum absolute atomic E-state index is 5.60. The van der Waals surface area contributed by atoms with E-state index in [9.17, 15) is 0 Å². The van der Waals surface area contributed by atoms with Gasteiger partial charge in [-0.1, -0.05) is 30.3 Å². The second-order valence-electron chi connectivity index (χ2n) is 2.99. The van der Waals surface area contributed by atoms with Crippen LogP contribution < -0.4 is 0 Å². The molecule has 0 aromatic heterocycles. The van der Waals surface area contributed by atoms with Crippen molar-refractivity contribution >= 4 is 8.96 Å². The van der Waals surface area contributed by atoms with Gasteiger partial charge in [0.05, 0.1) is 8.96 Å². The van der Waals surface area contributed by atoms with Crippen LogP contribution in [0.2, 0.25) is 0 Å². The fraction of sp³-hybridized carbons (Fsp3) is 0.333. The van der Waals surface area contributed by atoms with E-state index in [0.717, 1.165) is 6.54 Å². The van der Waals surface area contributed by atoms with Crippen LogP contribution in [0.25, 0.3) is 0 Å². The predicted octanol–water partition coefficient (Wildman–Crippen LogP) is 2.20. The highest BCUT2D eigenvalue weighted by atomic mass is 31.1. The normalized spacial score (nSPS) is 26.6.